The van der Waals surface area contributed by atoms with Crippen molar-refractivity contribution in [2.75, 3.05) is 6.79 Å². The number of aliphatic hydroxyl groups excluding tert-OH is 1. The Labute approximate surface area is 73.8 Å². The molecule has 68 valence electrons. The Balaban J connectivity index is 0.000000561. The Morgan fingerprint density at radius 3 is 2.08 bits per heavy atom. The number of hydrogen-bond acceptors (Lipinski definition) is 2. The molecule has 0 amide bonds. The van der Waals surface area contributed by atoms with Gasteiger partial charge < -0.3 is 9.84 Å². The predicted molar refractivity (Wildman–Crippen MR) is 50.2 cm³/mol. The van der Waals surface area contributed by atoms with Crippen LogP contribution < -0.4 is 4.74 Å². The third-order valence-corrected chi connectivity index (χ3v) is 1.25. The molecule has 1 rings (SSSR count). The highest BCUT2D eigenvalue weighted by molar-refractivity contribution is 5.25. The zero-order chi connectivity index (χ0) is 9.40. The number of aryl methyl sites for hydroxylation is 1. The third kappa shape index (κ3) is 3.98. The van der Waals surface area contributed by atoms with Crippen LogP contribution >= 0.6 is 0 Å². The highest BCUT2D eigenvalue weighted by Crippen LogP contribution is 2.10. The van der Waals surface area contributed by atoms with E-state index in [9.17, 15) is 0 Å². The molecule has 0 aliphatic rings. The molecule has 0 saturated carbocycles. The van der Waals surface area contributed by atoms with Gasteiger partial charge in [-0.3, -0.25) is 0 Å². The van der Waals surface area contributed by atoms with Crippen LogP contribution in [0.15, 0.2) is 24.3 Å². The van der Waals surface area contributed by atoms with Crippen molar-refractivity contribution < 1.29 is 9.84 Å². The monoisotopic (exact) mass is 168 g/mol. The van der Waals surface area contributed by atoms with E-state index in [-0.39, 0.29) is 6.79 Å². The first-order valence-electron chi connectivity index (χ1n) is 4.13. The van der Waals surface area contributed by atoms with Gasteiger partial charge >= 0.3 is 0 Å². The Morgan fingerprint density at radius 2 is 1.67 bits per heavy atom. The number of ether oxygens (including phenoxy) is 1. The van der Waals surface area contributed by atoms with E-state index in [2.05, 4.69) is 0 Å². The Kier molecular flexibility index (Phi) is 6.11. The van der Waals surface area contributed by atoms with E-state index in [1.807, 2.05) is 45.0 Å². The molecule has 1 aromatic carbocycles. The highest BCUT2D eigenvalue weighted by Gasteiger charge is 1.88. The molecule has 0 heterocycles. The summed E-state index contributed by atoms with van der Waals surface area (Å²) in [6.07, 6.45) is 0. The van der Waals surface area contributed by atoms with E-state index < -0.39 is 0 Å². The second-order valence-corrected chi connectivity index (χ2v) is 2.09. The summed E-state index contributed by atoms with van der Waals surface area (Å²) in [4.78, 5) is 0. The van der Waals surface area contributed by atoms with Crippen LogP contribution in [0.4, 0.5) is 0 Å². The van der Waals surface area contributed by atoms with Crippen LogP contribution in [0.25, 0.3) is 0 Å². The molecular formula is C10H16O2. The molecule has 0 spiro atoms. The molecule has 0 atom stereocenters. The van der Waals surface area contributed by atoms with Crippen LogP contribution in [-0.2, 0) is 0 Å². The molecule has 0 bridgehead atoms. The van der Waals surface area contributed by atoms with Crippen molar-refractivity contribution in [3.63, 3.8) is 0 Å². The molecule has 0 radical (unpaired) electrons. The lowest BCUT2D eigenvalue weighted by Crippen LogP contribution is -1.93. The van der Waals surface area contributed by atoms with E-state index in [0.717, 1.165) is 0 Å². The normalized spacial score (nSPS) is 8.33. The summed E-state index contributed by atoms with van der Waals surface area (Å²) in [6.45, 7) is 5.74. The predicted octanol–water partition coefficient (Wildman–Crippen LogP) is 2.35. The Hall–Kier alpha value is -1.02. The van der Waals surface area contributed by atoms with Gasteiger partial charge in [0.05, 0.1) is 0 Å². The molecule has 1 N–H and O–H groups in total. The fraction of sp³-hybridized carbons (Fsp3) is 0.400. The summed E-state index contributed by atoms with van der Waals surface area (Å²) in [5.74, 6) is 0.702. The van der Waals surface area contributed by atoms with Gasteiger partial charge in [-0.25, -0.2) is 0 Å². The zero-order valence-corrected chi connectivity index (χ0v) is 7.87. The quantitative estimate of drug-likeness (QED) is 0.687. The SMILES string of the molecule is CC.Cc1ccc(OCO)cc1. The van der Waals surface area contributed by atoms with E-state index in [0.29, 0.717) is 5.75 Å². The maximum atomic E-state index is 8.37. The lowest BCUT2D eigenvalue weighted by molar-refractivity contribution is 0.0985. The largest absolute Gasteiger partial charge is 0.468 e. The fourth-order valence-corrected chi connectivity index (χ4v) is 0.709. The minimum absolute atomic E-state index is 0.261. The van der Waals surface area contributed by atoms with Gasteiger partial charge in [-0.1, -0.05) is 31.5 Å². The highest BCUT2D eigenvalue weighted by atomic mass is 16.6. The van der Waals surface area contributed by atoms with Crippen LogP contribution in [0.5, 0.6) is 5.75 Å². The van der Waals surface area contributed by atoms with E-state index in [1.54, 1.807) is 0 Å². The van der Waals surface area contributed by atoms with Gasteiger partial charge in [0.25, 0.3) is 0 Å². The lowest BCUT2D eigenvalue weighted by atomic mass is 10.2. The van der Waals surface area contributed by atoms with Crippen molar-refractivity contribution in [3.8, 4) is 5.75 Å². The molecular weight excluding hydrogens is 152 g/mol. The maximum Gasteiger partial charge on any atom is 0.186 e. The fourth-order valence-electron chi connectivity index (χ4n) is 0.709. The summed E-state index contributed by atoms with van der Waals surface area (Å²) in [6, 6.07) is 7.52. The molecule has 1 aromatic rings. The molecule has 0 aliphatic carbocycles. The van der Waals surface area contributed by atoms with Crippen molar-refractivity contribution in [2.24, 2.45) is 0 Å². The van der Waals surface area contributed by atoms with Gasteiger partial charge in [0.15, 0.2) is 6.79 Å². The zero-order valence-electron chi connectivity index (χ0n) is 7.87. The van der Waals surface area contributed by atoms with E-state index in [1.165, 1.54) is 5.56 Å². The molecule has 0 aromatic heterocycles. The smallest absolute Gasteiger partial charge is 0.186 e. The minimum Gasteiger partial charge on any atom is -0.468 e. The first-order valence-corrected chi connectivity index (χ1v) is 4.13. The first-order chi connectivity index (χ1) is 5.83. The van der Waals surface area contributed by atoms with Gasteiger partial charge in [0.1, 0.15) is 5.75 Å². The second-order valence-electron chi connectivity index (χ2n) is 2.09. The van der Waals surface area contributed by atoms with Gasteiger partial charge in [-0.2, -0.15) is 0 Å². The van der Waals surface area contributed by atoms with Gasteiger partial charge in [-0.05, 0) is 19.1 Å². The minimum atomic E-state index is -0.261. The van der Waals surface area contributed by atoms with Crippen LogP contribution in [0.1, 0.15) is 19.4 Å². The standard InChI is InChI=1S/C8H10O2.C2H6/c1-7-2-4-8(5-3-7)10-6-9;1-2/h2-5,9H,6H2,1H3;1-2H3. The second kappa shape index (κ2) is 6.68. The molecule has 0 saturated heterocycles. The van der Waals surface area contributed by atoms with E-state index in [4.69, 9.17) is 9.84 Å². The van der Waals surface area contributed by atoms with Gasteiger partial charge in [-0.15, -0.1) is 0 Å². The summed E-state index contributed by atoms with van der Waals surface area (Å²) < 4.78 is 4.82. The van der Waals surface area contributed by atoms with Crippen molar-refractivity contribution in [3.05, 3.63) is 29.8 Å². The summed E-state index contributed by atoms with van der Waals surface area (Å²) in [5, 5.41) is 8.37. The van der Waals surface area contributed by atoms with Gasteiger partial charge in [0, 0.05) is 0 Å². The molecule has 12 heavy (non-hydrogen) atoms. The molecule has 2 heteroatoms. The lowest BCUT2D eigenvalue weighted by Gasteiger charge is -2.00. The summed E-state index contributed by atoms with van der Waals surface area (Å²) >= 11 is 0. The van der Waals surface area contributed by atoms with Crippen LogP contribution in [-0.4, -0.2) is 11.9 Å². The Morgan fingerprint density at radius 1 is 1.17 bits per heavy atom. The van der Waals surface area contributed by atoms with Crippen molar-refractivity contribution >= 4 is 0 Å². The number of rotatable bonds is 2. The number of aliphatic hydroxyl groups is 1. The van der Waals surface area contributed by atoms with Crippen molar-refractivity contribution in [1.82, 2.24) is 0 Å². The molecule has 2 nitrogen and oxygen atoms in total. The number of benzene rings is 1. The topological polar surface area (TPSA) is 29.5 Å². The molecule has 0 unspecified atom stereocenters. The Bertz CT molecular complexity index is 191. The average molecular weight is 168 g/mol. The molecule has 0 aliphatic heterocycles. The van der Waals surface area contributed by atoms with E-state index >= 15 is 0 Å². The summed E-state index contributed by atoms with van der Waals surface area (Å²) in [7, 11) is 0. The van der Waals surface area contributed by atoms with Gasteiger partial charge in [0.2, 0.25) is 0 Å². The average Bonchev–Trinajstić information content (AvgIpc) is 2.13. The van der Waals surface area contributed by atoms with Crippen molar-refractivity contribution in [1.29, 1.82) is 0 Å². The maximum absolute atomic E-state index is 8.37. The first kappa shape index (κ1) is 11.0. The van der Waals surface area contributed by atoms with Crippen LogP contribution in [0.2, 0.25) is 0 Å². The number of hydrogen-bond donors (Lipinski definition) is 1. The third-order valence-electron chi connectivity index (χ3n) is 1.25. The molecule has 0 fully saturated rings. The van der Waals surface area contributed by atoms with Crippen LogP contribution in [0, 0.1) is 6.92 Å². The van der Waals surface area contributed by atoms with Crippen molar-refractivity contribution in [2.45, 2.75) is 20.8 Å². The summed E-state index contributed by atoms with van der Waals surface area (Å²) in [5.41, 5.74) is 1.19. The van der Waals surface area contributed by atoms with Crippen LogP contribution in [0.3, 0.4) is 0 Å².